The first-order chi connectivity index (χ1) is 10.0. The standard InChI is InChI=1S/C16H27N3O2/c1-9(14-8-11-3-4-12(14)7-11)17-10(2)15(20)19-16(21)18-13-5-6-13/h9-14,17H,3-8H2,1-2H3,(H2,18,19,20,21)/t9-,10+,11+,12+,14+/m1/s1. The predicted octanol–water partition coefficient (Wildman–Crippen LogP) is 1.78. The molecular formula is C16H27N3O2. The molecule has 5 atom stereocenters. The number of carbonyl (C=O) groups excluding carboxylic acids is 2. The lowest BCUT2D eigenvalue weighted by Gasteiger charge is -2.30. The van der Waals surface area contributed by atoms with Gasteiger partial charge in [-0.05, 0) is 63.7 Å². The first kappa shape index (κ1) is 14.8. The molecule has 2 bridgehead atoms. The monoisotopic (exact) mass is 293 g/mol. The highest BCUT2D eigenvalue weighted by Crippen LogP contribution is 2.49. The summed E-state index contributed by atoms with van der Waals surface area (Å²) in [6, 6.07) is -0.0747. The molecule has 3 N–H and O–H groups in total. The van der Waals surface area contributed by atoms with Crippen LogP contribution in [0.25, 0.3) is 0 Å². The topological polar surface area (TPSA) is 70.2 Å². The molecule has 3 saturated carbocycles. The fourth-order valence-electron chi connectivity index (χ4n) is 4.17. The van der Waals surface area contributed by atoms with Crippen LogP contribution in [0.5, 0.6) is 0 Å². The van der Waals surface area contributed by atoms with Crippen LogP contribution in [0.2, 0.25) is 0 Å². The Hall–Kier alpha value is -1.10. The summed E-state index contributed by atoms with van der Waals surface area (Å²) < 4.78 is 0. The summed E-state index contributed by atoms with van der Waals surface area (Å²) in [7, 11) is 0. The highest BCUT2D eigenvalue weighted by atomic mass is 16.2. The molecule has 0 aromatic rings. The fourth-order valence-corrected chi connectivity index (χ4v) is 4.17. The number of carbonyl (C=O) groups is 2. The third kappa shape index (κ3) is 3.57. The quantitative estimate of drug-likeness (QED) is 0.723. The Labute approximate surface area is 126 Å². The molecule has 3 fully saturated rings. The van der Waals surface area contributed by atoms with E-state index in [-0.39, 0.29) is 24.0 Å². The number of imide groups is 1. The van der Waals surface area contributed by atoms with Crippen LogP contribution in [0.15, 0.2) is 0 Å². The Morgan fingerprint density at radius 3 is 2.38 bits per heavy atom. The largest absolute Gasteiger partial charge is 0.335 e. The van der Waals surface area contributed by atoms with Crippen LogP contribution < -0.4 is 16.0 Å². The minimum Gasteiger partial charge on any atom is -0.335 e. The van der Waals surface area contributed by atoms with Gasteiger partial charge in [0.1, 0.15) is 0 Å². The molecule has 3 amide bonds. The van der Waals surface area contributed by atoms with Crippen molar-refractivity contribution in [2.45, 2.75) is 70.5 Å². The van der Waals surface area contributed by atoms with Crippen molar-refractivity contribution in [1.82, 2.24) is 16.0 Å². The van der Waals surface area contributed by atoms with Crippen molar-refractivity contribution in [2.24, 2.45) is 17.8 Å². The van der Waals surface area contributed by atoms with Gasteiger partial charge in [-0.25, -0.2) is 4.79 Å². The summed E-state index contributed by atoms with van der Waals surface area (Å²) in [6.45, 7) is 4.02. The summed E-state index contributed by atoms with van der Waals surface area (Å²) in [6.07, 6.45) is 7.47. The van der Waals surface area contributed by atoms with Crippen molar-refractivity contribution in [1.29, 1.82) is 0 Å². The van der Waals surface area contributed by atoms with Crippen molar-refractivity contribution < 1.29 is 9.59 Å². The summed E-state index contributed by atoms with van der Waals surface area (Å²) in [5.74, 6) is 2.21. The Morgan fingerprint density at radius 2 is 1.81 bits per heavy atom. The molecule has 0 aliphatic heterocycles. The lowest BCUT2D eigenvalue weighted by Crippen LogP contribution is -2.52. The van der Waals surface area contributed by atoms with Gasteiger partial charge >= 0.3 is 6.03 Å². The lowest BCUT2D eigenvalue weighted by atomic mass is 9.84. The molecule has 0 aromatic heterocycles. The minimum atomic E-state index is -0.358. The van der Waals surface area contributed by atoms with Gasteiger partial charge in [0.15, 0.2) is 0 Å². The van der Waals surface area contributed by atoms with Crippen LogP contribution in [0.1, 0.15) is 52.4 Å². The smallest absolute Gasteiger partial charge is 0.321 e. The van der Waals surface area contributed by atoms with E-state index in [1.807, 2.05) is 6.92 Å². The minimum absolute atomic E-state index is 0.233. The maximum absolute atomic E-state index is 12.0. The number of rotatable bonds is 5. The van der Waals surface area contributed by atoms with E-state index in [0.717, 1.165) is 24.7 Å². The first-order valence-electron chi connectivity index (χ1n) is 8.40. The highest BCUT2D eigenvalue weighted by molar-refractivity contribution is 5.96. The maximum atomic E-state index is 12.0. The average molecular weight is 293 g/mol. The van der Waals surface area contributed by atoms with Crippen molar-refractivity contribution in [3.63, 3.8) is 0 Å². The Bertz CT molecular complexity index is 422. The van der Waals surface area contributed by atoms with Gasteiger partial charge in [-0.1, -0.05) is 6.42 Å². The number of hydrogen-bond acceptors (Lipinski definition) is 3. The van der Waals surface area contributed by atoms with Gasteiger partial charge in [0, 0.05) is 12.1 Å². The SMILES string of the molecule is C[C@H](N[C@H](C)[C@@H]1C[C@H]2CC[C@H]1C2)C(=O)NC(=O)NC1CC1. The molecule has 118 valence electrons. The normalized spacial score (nSPS) is 33.5. The first-order valence-corrected chi connectivity index (χ1v) is 8.40. The zero-order valence-corrected chi connectivity index (χ0v) is 13.0. The van der Waals surface area contributed by atoms with E-state index in [1.165, 1.54) is 25.7 Å². The van der Waals surface area contributed by atoms with Crippen LogP contribution in [0.4, 0.5) is 4.79 Å². The van der Waals surface area contributed by atoms with Gasteiger partial charge in [0.05, 0.1) is 6.04 Å². The summed E-state index contributed by atoms with van der Waals surface area (Å²) in [5.41, 5.74) is 0. The second-order valence-electron chi connectivity index (χ2n) is 7.25. The number of amides is 3. The molecule has 0 saturated heterocycles. The molecule has 0 heterocycles. The van der Waals surface area contributed by atoms with E-state index in [0.29, 0.717) is 12.0 Å². The van der Waals surface area contributed by atoms with Crippen molar-refractivity contribution in [3.8, 4) is 0 Å². The van der Waals surface area contributed by atoms with Crippen LogP contribution in [0, 0.1) is 17.8 Å². The van der Waals surface area contributed by atoms with Gasteiger partial charge in [0.2, 0.25) is 5.91 Å². The van der Waals surface area contributed by atoms with E-state index in [2.05, 4.69) is 22.9 Å². The molecule has 3 aliphatic carbocycles. The van der Waals surface area contributed by atoms with E-state index in [1.54, 1.807) is 0 Å². The molecule has 5 nitrogen and oxygen atoms in total. The Morgan fingerprint density at radius 1 is 1.05 bits per heavy atom. The zero-order valence-electron chi connectivity index (χ0n) is 13.0. The number of fused-ring (bicyclic) bond motifs is 2. The van der Waals surface area contributed by atoms with Crippen LogP contribution in [-0.4, -0.2) is 30.1 Å². The molecule has 3 aliphatic rings. The number of urea groups is 1. The Kier molecular flexibility index (Phi) is 4.20. The predicted molar refractivity (Wildman–Crippen MR) is 80.7 cm³/mol. The summed E-state index contributed by atoms with van der Waals surface area (Å²) in [5, 5.41) is 8.59. The molecule has 0 aromatic carbocycles. The molecule has 5 heteroatoms. The van der Waals surface area contributed by atoms with Gasteiger partial charge in [-0.15, -0.1) is 0 Å². The average Bonchev–Trinajstić information content (AvgIpc) is 3.00. The highest BCUT2D eigenvalue weighted by Gasteiger charge is 2.42. The van der Waals surface area contributed by atoms with E-state index < -0.39 is 0 Å². The number of hydrogen-bond donors (Lipinski definition) is 3. The van der Waals surface area contributed by atoms with Gasteiger partial charge < -0.3 is 10.6 Å². The molecular weight excluding hydrogens is 266 g/mol. The Balaban J connectivity index is 1.42. The molecule has 3 rings (SSSR count). The molecule has 0 spiro atoms. The summed E-state index contributed by atoms with van der Waals surface area (Å²) in [4.78, 5) is 23.6. The van der Waals surface area contributed by atoms with Gasteiger partial charge in [-0.3, -0.25) is 10.1 Å². The van der Waals surface area contributed by atoms with E-state index >= 15 is 0 Å². The molecule has 0 unspecified atom stereocenters. The molecule has 0 radical (unpaired) electrons. The third-order valence-corrected chi connectivity index (χ3v) is 5.49. The van der Waals surface area contributed by atoms with Gasteiger partial charge in [-0.2, -0.15) is 0 Å². The van der Waals surface area contributed by atoms with E-state index in [4.69, 9.17) is 0 Å². The molecule has 21 heavy (non-hydrogen) atoms. The zero-order chi connectivity index (χ0) is 15.0. The lowest BCUT2D eigenvalue weighted by molar-refractivity contribution is -0.121. The second-order valence-corrected chi connectivity index (χ2v) is 7.25. The number of nitrogens with one attached hydrogen (secondary N) is 3. The maximum Gasteiger partial charge on any atom is 0.321 e. The van der Waals surface area contributed by atoms with Crippen molar-refractivity contribution >= 4 is 11.9 Å². The van der Waals surface area contributed by atoms with Crippen LogP contribution >= 0.6 is 0 Å². The summed E-state index contributed by atoms with van der Waals surface area (Å²) >= 11 is 0. The van der Waals surface area contributed by atoms with Crippen LogP contribution in [0.3, 0.4) is 0 Å². The second kappa shape index (κ2) is 5.95. The third-order valence-electron chi connectivity index (χ3n) is 5.49. The fraction of sp³-hybridized carbons (Fsp3) is 0.875. The van der Waals surface area contributed by atoms with Crippen molar-refractivity contribution in [3.05, 3.63) is 0 Å². The van der Waals surface area contributed by atoms with E-state index in [9.17, 15) is 9.59 Å². The van der Waals surface area contributed by atoms with Gasteiger partial charge in [0.25, 0.3) is 0 Å². The van der Waals surface area contributed by atoms with Crippen LogP contribution in [-0.2, 0) is 4.79 Å². The van der Waals surface area contributed by atoms with Crippen molar-refractivity contribution in [2.75, 3.05) is 0 Å².